The third-order valence-corrected chi connectivity index (χ3v) is 19.9. The van der Waals surface area contributed by atoms with E-state index in [4.69, 9.17) is 9.92 Å². The molecule has 0 atom stereocenters. The van der Waals surface area contributed by atoms with E-state index >= 15 is 0 Å². The fourth-order valence-electron chi connectivity index (χ4n) is 13.8. The van der Waals surface area contributed by atoms with E-state index in [1.54, 1.807) is 0 Å². The predicted molar refractivity (Wildman–Crippen MR) is 396 cm³/mol. The number of rotatable bonds is 17. The molecule has 94 heavy (non-hydrogen) atoms. The minimum Gasteiger partial charge on any atom is -1.00 e. The molecule has 11 nitrogen and oxygen atoms in total. The van der Waals surface area contributed by atoms with Crippen LogP contribution in [-0.4, -0.2) is 40.3 Å². The van der Waals surface area contributed by atoms with Crippen LogP contribution in [0.5, 0.6) is 0 Å². The van der Waals surface area contributed by atoms with Gasteiger partial charge in [-0.2, -0.15) is 17.6 Å². The Bertz CT molecular complexity index is 4250. The van der Waals surface area contributed by atoms with Crippen LogP contribution in [0.15, 0.2) is 260 Å². The highest BCUT2D eigenvalue weighted by Crippen LogP contribution is 2.50. The van der Waals surface area contributed by atoms with Crippen molar-refractivity contribution in [3.05, 3.63) is 288 Å². The van der Waals surface area contributed by atoms with Crippen LogP contribution < -0.4 is 60.1 Å². The van der Waals surface area contributed by atoms with E-state index in [1.165, 1.54) is 67.4 Å². The van der Waals surface area contributed by atoms with Gasteiger partial charge in [-0.1, -0.05) is 201 Å². The second-order valence-electron chi connectivity index (χ2n) is 25.5. The van der Waals surface area contributed by atoms with Gasteiger partial charge in [0.2, 0.25) is 11.4 Å². The van der Waals surface area contributed by atoms with Crippen LogP contribution in [-0.2, 0) is 42.8 Å². The fraction of sp³-hybridized carbons (Fsp3) is 0.263. The van der Waals surface area contributed by atoms with Gasteiger partial charge in [0, 0.05) is 115 Å². The van der Waals surface area contributed by atoms with Crippen molar-refractivity contribution in [2.45, 2.75) is 122 Å². The molecule has 0 saturated carbocycles. The minimum absolute atomic E-state index is 0. The second kappa shape index (κ2) is 31.5. The number of hydrogen-bond acceptors (Lipinski definition) is 8. The highest BCUT2D eigenvalue weighted by molar-refractivity contribution is 9.11. The molecule has 5 aromatic carbocycles. The molecule has 0 bridgehead atoms. The molecule has 4 aliphatic heterocycles. The van der Waals surface area contributed by atoms with Gasteiger partial charge in [-0.3, -0.25) is 4.55 Å². The first-order valence-corrected chi connectivity index (χ1v) is 36.1. The summed E-state index contributed by atoms with van der Waals surface area (Å²) in [7, 11) is -4.61. The van der Waals surface area contributed by atoms with Gasteiger partial charge in [-0.05, 0) is 152 Å². The molecule has 18 heteroatoms. The van der Waals surface area contributed by atoms with E-state index in [2.05, 4.69) is 307 Å². The van der Waals surface area contributed by atoms with Crippen LogP contribution in [0.4, 0.5) is 28.4 Å². The van der Waals surface area contributed by atoms with Gasteiger partial charge in [0.15, 0.2) is 23.8 Å². The van der Waals surface area contributed by atoms with E-state index in [1.807, 2.05) is 56.6 Å². The molecule has 11 rings (SSSR count). The van der Waals surface area contributed by atoms with Crippen LogP contribution in [0.2, 0.25) is 0 Å². The molecule has 0 fully saturated rings. The Labute approximate surface area is 611 Å². The standard InChI is InChI=1S/C41H42Br2N4.C35H37Br2N3O4S.2BrH/c1-40(2)33-12-5-7-14-35(33)46(26-24-42)37(40)22-18-30-10-9-11-31(39(30)45-28-29-16-20-32(44)21-17-29)19-23-38-41(3,4)34-13-6-8-15-36(34)47(38)27-25-43;1-34(2)27-12-5-7-14-29(27)39(22-20-36)31(34)18-16-25-10-9-11-26(33(25)38-24-44-45(41,42)43)17-19-32-35(3,4)28-13-6-8-15-30(28)40(32)23-21-37;;/h5-8,12-27H,9-11,28,44H2,1-4H3;5-8,12-23H,9-11,24H2,1-4H3,(H,41,42,43);2*1H/b26-24+,27-25+,30-18+,37-22+;22-20+,23-21+,25-16+,31-18+;;. The van der Waals surface area contributed by atoms with E-state index in [0.29, 0.717) is 0 Å². The molecular formula is C76H81Br6N7O4S. The van der Waals surface area contributed by atoms with Gasteiger partial charge in [-0.25, -0.2) is 4.18 Å². The molecule has 5 N–H and O–H groups in total. The minimum atomic E-state index is -4.61. The number of nitrogens with zero attached hydrogens (tertiary/aromatic N) is 4. The zero-order chi connectivity index (χ0) is 65.6. The van der Waals surface area contributed by atoms with Crippen LogP contribution in [0, 0.1) is 0 Å². The Kier molecular flexibility index (Phi) is 24.8. The summed E-state index contributed by atoms with van der Waals surface area (Å²) in [6.07, 6.45) is 31.7. The predicted octanol–water partition coefficient (Wildman–Crippen LogP) is 13.5. The van der Waals surface area contributed by atoms with Crippen LogP contribution in [0.1, 0.15) is 122 Å². The molecule has 6 aliphatic rings. The van der Waals surface area contributed by atoms with Crippen molar-refractivity contribution >= 4 is 114 Å². The SMILES string of the molecule is CC1(C)C(/C=C/C2=C(NCOS(=O)(=O)O)C(=C/C=C3/N(/C=C/Br)c4ccccc4C3(C)C)/CCC2)=[N+](/C=C/Br)c2ccccc21.CC1(C)C(/C=C/C2=C(NCc3ccc(N)cc3)C(=C/C=C3/N(/C=C/Br)c4ccccc4C3(C)C)/CCC2)=[N+](/C=C/Br)c2ccccc21.[Br-].[Br-]. The number of para-hydroxylation sites is 4. The second-order valence-corrected chi connectivity index (χ2v) is 28.7. The largest absolute Gasteiger partial charge is 1.00 e. The van der Waals surface area contributed by atoms with Gasteiger partial charge >= 0.3 is 10.4 Å². The molecule has 4 heterocycles. The van der Waals surface area contributed by atoms with E-state index in [-0.39, 0.29) is 62.4 Å². The number of nitrogen functional groups attached to an aromatic ring is 1. The molecule has 0 spiro atoms. The Morgan fingerprint density at radius 3 is 1.34 bits per heavy atom. The maximum Gasteiger partial charge on any atom is 0.399 e. The third kappa shape index (κ3) is 15.6. The number of allylic oxidation sites excluding steroid dienone is 14. The summed E-state index contributed by atoms with van der Waals surface area (Å²) in [5, 5.41) is 7.03. The zero-order valence-electron chi connectivity index (χ0n) is 54.2. The number of nitrogens with one attached hydrogen (secondary N) is 2. The van der Waals surface area contributed by atoms with E-state index in [0.717, 1.165) is 90.4 Å². The first kappa shape index (κ1) is 73.9. The summed E-state index contributed by atoms with van der Waals surface area (Å²) in [6.45, 7) is 18.5. The number of fused-ring (bicyclic) bond motifs is 4. The molecule has 0 aromatic heterocycles. The average molecular weight is 1670 g/mol. The molecule has 492 valence electrons. The first-order valence-electron chi connectivity index (χ1n) is 31.0. The molecule has 0 amide bonds. The maximum absolute atomic E-state index is 11.4. The van der Waals surface area contributed by atoms with Gasteiger partial charge in [0.1, 0.15) is 6.73 Å². The van der Waals surface area contributed by atoms with Crippen molar-refractivity contribution in [3.8, 4) is 0 Å². The fourth-order valence-corrected chi connectivity index (χ4v) is 15.0. The lowest BCUT2D eigenvalue weighted by Crippen LogP contribution is -3.00. The van der Waals surface area contributed by atoms with E-state index < -0.39 is 10.4 Å². The Morgan fingerprint density at radius 1 is 0.521 bits per heavy atom. The molecule has 0 unspecified atom stereocenters. The molecule has 0 radical (unpaired) electrons. The molecule has 2 aliphatic carbocycles. The lowest BCUT2D eigenvalue weighted by atomic mass is 9.81. The molecule has 5 aromatic rings. The van der Waals surface area contributed by atoms with Crippen molar-refractivity contribution in [3.63, 3.8) is 0 Å². The average Bonchev–Trinajstić information content (AvgIpc) is 1.62. The number of anilines is 3. The van der Waals surface area contributed by atoms with Crippen molar-refractivity contribution < 1.29 is 60.3 Å². The highest BCUT2D eigenvalue weighted by Gasteiger charge is 2.46. The Hall–Kier alpha value is -5.93. The normalized spacial score (nSPS) is 20.4. The van der Waals surface area contributed by atoms with E-state index in [9.17, 15) is 13.0 Å². The lowest BCUT2D eigenvalue weighted by Gasteiger charge is -2.26. The Morgan fingerprint density at radius 2 is 0.926 bits per heavy atom. The summed E-state index contributed by atoms with van der Waals surface area (Å²) in [5.74, 6) is 0. The number of benzene rings is 5. The molecular weight excluding hydrogens is 1590 g/mol. The maximum atomic E-state index is 11.4. The summed E-state index contributed by atoms with van der Waals surface area (Å²) in [4.78, 5) is 12.1. The summed E-state index contributed by atoms with van der Waals surface area (Å²) < 4.78 is 41.2. The number of hydrogen-bond donors (Lipinski definition) is 4. The monoisotopic (exact) mass is 1660 g/mol. The lowest BCUT2D eigenvalue weighted by molar-refractivity contribution is -0.356. The van der Waals surface area contributed by atoms with Crippen molar-refractivity contribution in [2.75, 3.05) is 22.3 Å². The quantitative estimate of drug-likeness (QED) is 0.0312. The zero-order valence-corrected chi connectivity index (χ0v) is 64.5. The van der Waals surface area contributed by atoms with Crippen molar-refractivity contribution in [1.29, 1.82) is 0 Å². The number of halogens is 6. The summed E-state index contributed by atoms with van der Waals surface area (Å²) in [6, 6.07) is 42.3. The van der Waals surface area contributed by atoms with Crippen molar-refractivity contribution in [2.24, 2.45) is 0 Å². The third-order valence-electron chi connectivity index (χ3n) is 18.5. The van der Waals surface area contributed by atoms with Crippen LogP contribution in [0.3, 0.4) is 0 Å². The smallest absolute Gasteiger partial charge is 0.399 e. The van der Waals surface area contributed by atoms with Crippen LogP contribution in [0.25, 0.3) is 0 Å². The Balaban J connectivity index is 0.000000236. The van der Waals surface area contributed by atoms with Gasteiger partial charge in [0.05, 0.1) is 10.8 Å². The van der Waals surface area contributed by atoms with Crippen molar-refractivity contribution in [1.82, 2.24) is 10.6 Å². The summed E-state index contributed by atoms with van der Waals surface area (Å²) >= 11 is 14.0. The van der Waals surface area contributed by atoms with Gasteiger partial charge in [-0.15, -0.1) is 0 Å². The topological polar surface area (TPSA) is 126 Å². The summed E-state index contributed by atoms with van der Waals surface area (Å²) in [5.41, 5.74) is 28.5. The highest BCUT2D eigenvalue weighted by atomic mass is 79.9. The molecule has 0 saturated heterocycles. The number of nitrogens with two attached hydrogens (primary N) is 1. The van der Waals surface area contributed by atoms with Gasteiger partial charge in [0.25, 0.3) is 0 Å². The first-order chi connectivity index (χ1) is 44.1. The van der Waals surface area contributed by atoms with Crippen LogP contribution >= 0.6 is 63.7 Å². The van der Waals surface area contributed by atoms with Gasteiger partial charge < -0.3 is 60.1 Å².